The van der Waals surface area contributed by atoms with Crippen LogP contribution in [-0.2, 0) is 4.74 Å². The Morgan fingerprint density at radius 3 is 2.80 bits per heavy atom. The molecular formula is C11H16FNO2. The number of hydrogen-bond donors (Lipinski definition) is 1. The highest BCUT2D eigenvalue weighted by Gasteiger charge is 2.09. The maximum Gasteiger partial charge on any atom is 0.189 e. The SMILES string of the molecule is CCOCOc1cc(F)ccc1[C@@H](C)N. The van der Waals surface area contributed by atoms with Gasteiger partial charge in [0.1, 0.15) is 11.6 Å². The zero-order chi connectivity index (χ0) is 11.3. The van der Waals surface area contributed by atoms with E-state index in [-0.39, 0.29) is 18.7 Å². The van der Waals surface area contributed by atoms with Gasteiger partial charge in [-0.1, -0.05) is 6.07 Å². The minimum absolute atomic E-state index is 0.111. The van der Waals surface area contributed by atoms with E-state index in [1.54, 1.807) is 6.07 Å². The molecule has 3 nitrogen and oxygen atoms in total. The molecule has 0 aliphatic rings. The third-order valence-electron chi connectivity index (χ3n) is 1.97. The van der Waals surface area contributed by atoms with E-state index in [1.165, 1.54) is 12.1 Å². The van der Waals surface area contributed by atoms with Gasteiger partial charge in [-0.05, 0) is 19.9 Å². The van der Waals surface area contributed by atoms with Crippen LogP contribution < -0.4 is 10.5 Å². The molecule has 1 aromatic rings. The number of halogens is 1. The Morgan fingerprint density at radius 1 is 1.47 bits per heavy atom. The molecule has 0 aromatic heterocycles. The third kappa shape index (κ3) is 3.49. The summed E-state index contributed by atoms with van der Waals surface area (Å²) in [5, 5.41) is 0. The zero-order valence-electron chi connectivity index (χ0n) is 9.00. The number of rotatable bonds is 5. The topological polar surface area (TPSA) is 44.5 Å². The van der Waals surface area contributed by atoms with Gasteiger partial charge in [-0.15, -0.1) is 0 Å². The summed E-state index contributed by atoms with van der Waals surface area (Å²) in [5.74, 6) is 0.101. The van der Waals surface area contributed by atoms with Gasteiger partial charge in [0, 0.05) is 24.3 Å². The van der Waals surface area contributed by atoms with E-state index in [0.29, 0.717) is 12.4 Å². The van der Waals surface area contributed by atoms with Crippen molar-refractivity contribution >= 4 is 0 Å². The number of nitrogens with two attached hydrogens (primary N) is 1. The van der Waals surface area contributed by atoms with Crippen molar-refractivity contribution in [1.82, 2.24) is 0 Å². The molecule has 0 fully saturated rings. The van der Waals surface area contributed by atoms with Gasteiger partial charge in [0.2, 0.25) is 0 Å². The summed E-state index contributed by atoms with van der Waals surface area (Å²) in [4.78, 5) is 0. The average Bonchev–Trinajstić information content (AvgIpc) is 2.18. The fourth-order valence-electron chi connectivity index (χ4n) is 1.20. The summed E-state index contributed by atoms with van der Waals surface area (Å²) in [7, 11) is 0. The van der Waals surface area contributed by atoms with Gasteiger partial charge in [0.15, 0.2) is 6.79 Å². The van der Waals surface area contributed by atoms with Crippen LogP contribution in [0, 0.1) is 5.82 Å². The summed E-state index contributed by atoms with van der Waals surface area (Å²) in [6.45, 7) is 4.35. The Morgan fingerprint density at radius 2 is 2.20 bits per heavy atom. The fourth-order valence-corrected chi connectivity index (χ4v) is 1.20. The molecule has 0 aliphatic carbocycles. The highest BCUT2D eigenvalue weighted by Crippen LogP contribution is 2.24. The van der Waals surface area contributed by atoms with Crippen molar-refractivity contribution in [3.8, 4) is 5.75 Å². The van der Waals surface area contributed by atoms with Gasteiger partial charge >= 0.3 is 0 Å². The van der Waals surface area contributed by atoms with E-state index in [2.05, 4.69) is 0 Å². The molecule has 0 unspecified atom stereocenters. The predicted molar refractivity (Wildman–Crippen MR) is 56.1 cm³/mol. The standard InChI is InChI=1S/C11H16FNO2/c1-3-14-7-15-11-6-9(12)4-5-10(11)8(2)13/h4-6,8H,3,7,13H2,1-2H3/t8-/m1/s1. The molecule has 4 heteroatoms. The Kier molecular flexibility index (Phi) is 4.52. The first-order valence-electron chi connectivity index (χ1n) is 4.90. The quantitative estimate of drug-likeness (QED) is 0.602. The summed E-state index contributed by atoms with van der Waals surface area (Å²) in [5.41, 5.74) is 6.50. The van der Waals surface area contributed by atoms with Crippen LogP contribution in [0.3, 0.4) is 0 Å². The van der Waals surface area contributed by atoms with E-state index in [9.17, 15) is 4.39 Å². The van der Waals surface area contributed by atoms with Crippen LogP contribution in [0.25, 0.3) is 0 Å². The van der Waals surface area contributed by atoms with Crippen molar-refractivity contribution < 1.29 is 13.9 Å². The maximum atomic E-state index is 13.0. The van der Waals surface area contributed by atoms with Crippen molar-refractivity contribution in [2.75, 3.05) is 13.4 Å². The second-order valence-corrected chi connectivity index (χ2v) is 3.23. The van der Waals surface area contributed by atoms with Crippen LogP contribution in [0.5, 0.6) is 5.75 Å². The lowest BCUT2D eigenvalue weighted by molar-refractivity contribution is 0.0215. The van der Waals surface area contributed by atoms with E-state index < -0.39 is 0 Å². The molecule has 0 aliphatic heterocycles. The van der Waals surface area contributed by atoms with Crippen molar-refractivity contribution in [2.24, 2.45) is 5.73 Å². The van der Waals surface area contributed by atoms with E-state index in [0.717, 1.165) is 5.56 Å². The lowest BCUT2D eigenvalue weighted by atomic mass is 10.1. The summed E-state index contributed by atoms with van der Waals surface area (Å²) in [6, 6.07) is 4.12. The Bertz CT molecular complexity index is 315. The van der Waals surface area contributed by atoms with Gasteiger partial charge in [0.25, 0.3) is 0 Å². The van der Waals surface area contributed by atoms with Crippen molar-refractivity contribution in [2.45, 2.75) is 19.9 Å². The minimum Gasteiger partial charge on any atom is -0.467 e. The average molecular weight is 213 g/mol. The van der Waals surface area contributed by atoms with Crippen LogP contribution in [-0.4, -0.2) is 13.4 Å². The lowest BCUT2D eigenvalue weighted by Gasteiger charge is -2.13. The molecule has 1 aromatic carbocycles. The molecule has 2 N–H and O–H groups in total. The van der Waals surface area contributed by atoms with Gasteiger partial charge < -0.3 is 15.2 Å². The molecule has 84 valence electrons. The van der Waals surface area contributed by atoms with E-state index in [1.807, 2.05) is 13.8 Å². The summed E-state index contributed by atoms with van der Waals surface area (Å²) >= 11 is 0. The molecule has 0 radical (unpaired) electrons. The third-order valence-corrected chi connectivity index (χ3v) is 1.97. The van der Waals surface area contributed by atoms with Crippen molar-refractivity contribution in [1.29, 1.82) is 0 Å². The van der Waals surface area contributed by atoms with E-state index in [4.69, 9.17) is 15.2 Å². The van der Waals surface area contributed by atoms with Crippen LogP contribution in [0.2, 0.25) is 0 Å². The number of benzene rings is 1. The molecular weight excluding hydrogens is 197 g/mol. The largest absolute Gasteiger partial charge is 0.467 e. The minimum atomic E-state index is -0.342. The molecule has 1 rings (SSSR count). The number of ether oxygens (including phenoxy) is 2. The monoisotopic (exact) mass is 213 g/mol. The summed E-state index contributed by atoms with van der Waals surface area (Å²) < 4.78 is 23.3. The molecule has 15 heavy (non-hydrogen) atoms. The second-order valence-electron chi connectivity index (χ2n) is 3.23. The summed E-state index contributed by atoms with van der Waals surface area (Å²) in [6.07, 6.45) is 0. The molecule has 0 heterocycles. The van der Waals surface area contributed by atoms with Crippen LogP contribution >= 0.6 is 0 Å². The Hall–Kier alpha value is -1.13. The molecule has 0 amide bonds. The first kappa shape index (κ1) is 11.9. The van der Waals surface area contributed by atoms with Gasteiger partial charge in [0.05, 0.1) is 0 Å². The molecule has 1 atom stereocenters. The van der Waals surface area contributed by atoms with Crippen molar-refractivity contribution in [3.05, 3.63) is 29.6 Å². The number of hydrogen-bond acceptors (Lipinski definition) is 3. The van der Waals surface area contributed by atoms with Crippen LogP contribution in [0.4, 0.5) is 4.39 Å². The Balaban J connectivity index is 2.77. The van der Waals surface area contributed by atoms with Crippen molar-refractivity contribution in [3.63, 3.8) is 0 Å². The van der Waals surface area contributed by atoms with Gasteiger partial charge in [-0.2, -0.15) is 0 Å². The Labute approximate surface area is 89.0 Å². The first-order valence-corrected chi connectivity index (χ1v) is 4.90. The van der Waals surface area contributed by atoms with Crippen LogP contribution in [0.1, 0.15) is 25.5 Å². The lowest BCUT2D eigenvalue weighted by Crippen LogP contribution is -2.10. The van der Waals surface area contributed by atoms with Gasteiger partial charge in [-0.3, -0.25) is 0 Å². The molecule has 0 bridgehead atoms. The smallest absolute Gasteiger partial charge is 0.189 e. The first-order chi connectivity index (χ1) is 7.15. The van der Waals surface area contributed by atoms with E-state index >= 15 is 0 Å². The molecule has 0 saturated heterocycles. The highest BCUT2D eigenvalue weighted by molar-refractivity contribution is 5.35. The highest BCUT2D eigenvalue weighted by atomic mass is 19.1. The predicted octanol–water partition coefficient (Wildman–Crippen LogP) is 2.22. The fraction of sp³-hybridized carbons (Fsp3) is 0.455. The second kappa shape index (κ2) is 5.68. The van der Waals surface area contributed by atoms with Gasteiger partial charge in [-0.25, -0.2) is 4.39 Å². The zero-order valence-corrected chi connectivity index (χ0v) is 9.00. The molecule has 0 saturated carbocycles. The normalized spacial score (nSPS) is 12.5. The van der Waals surface area contributed by atoms with Crippen LogP contribution in [0.15, 0.2) is 18.2 Å². The molecule has 0 spiro atoms. The maximum absolute atomic E-state index is 13.0.